The van der Waals surface area contributed by atoms with E-state index in [4.69, 9.17) is 5.14 Å². The molecule has 1 rings (SSSR count). The van der Waals surface area contributed by atoms with Crippen LogP contribution in [-0.4, -0.2) is 20.1 Å². The summed E-state index contributed by atoms with van der Waals surface area (Å²) in [5.74, 6) is -0.539. The van der Waals surface area contributed by atoms with Crippen LogP contribution in [0.1, 0.15) is 32.1 Å². The second kappa shape index (κ2) is 8.58. The minimum absolute atomic E-state index is 0.0225. The number of nitrogens with one attached hydrogen (secondary N) is 2. The Morgan fingerprint density at radius 2 is 1.71 bits per heavy atom. The van der Waals surface area contributed by atoms with Gasteiger partial charge < -0.3 is 0 Å². The van der Waals surface area contributed by atoms with E-state index < -0.39 is 10.0 Å². The molecular formula is C13H20FN3O3S. The molecule has 4 N–H and O–H groups in total. The molecule has 0 aromatic heterocycles. The van der Waals surface area contributed by atoms with Crippen LogP contribution in [-0.2, 0) is 14.8 Å². The number of nitrogens with two attached hydrogens (primary N) is 1. The monoisotopic (exact) mass is 317 g/mol. The van der Waals surface area contributed by atoms with Crippen molar-refractivity contribution in [3.05, 3.63) is 30.1 Å². The van der Waals surface area contributed by atoms with Gasteiger partial charge in [-0.25, -0.2) is 17.9 Å². The number of amides is 1. The first-order chi connectivity index (χ1) is 9.87. The molecule has 0 aliphatic carbocycles. The second-order valence-corrected chi connectivity index (χ2v) is 6.45. The molecule has 0 unspecified atom stereocenters. The van der Waals surface area contributed by atoms with Gasteiger partial charge in [-0.3, -0.25) is 15.6 Å². The number of unbranched alkanes of at least 4 members (excludes halogenated alkanes) is 3. The number of hydrogen-bond acceptors (Lipinski definition) is 4. The summed E-state index contributed by atoms with van der Waals surface area (Å²) in [6.07, 6.45) is 2.99. The van der Waals surface area contributed by atoms with Crippen molar-refractivity contribution in [3.8, 4) is 0 Å². The Balaban J connectivity index is 2.07. The van der Waals surface area contributed by atoms with Crippen molar-refractivity contribution in [3.63, 3.8) is 0 Å². The SMILES string of the molecule is NS(=O)(=O)CCCCCCC(=O)NNc1ccc(F)cc1. The van der Waals surface area contributed by atoms with E-state index >= 15 is 0 Å². The molecule has 0 spiro atoms. The third-order valence-corrected chi connectivity index (χ3v) is 3.63. The summed E-state index contributed by atoms with van der Waals surface area (Å²) in [5, 5.41) is 4.88. The number of halogens is 1. The molecular weight excluding hydrogens is 297 g/mol. The van der Waals surface area contributed by atoms with E-state index in [1.807, 2.05) is 0 Å². The third kappa shape index (κ3) is 8.98. The standard InChI is InChI=1S/C13H20FN3O3S/c14-11-6-8-12(9-7-11)16-17-13(18)5-3-1-2-4-10-21(15,19)20/h6-9,16H,1-5,10H2,(H,17,18)(H2,15,19,20). The van der Waals surface area contributed by atoms with Crippen molar-refractivity contribution >= 4 is 21.6 Å². The average Bonchev–Trinajstić information content (AvgIpc) is 2.41. The maximum Gasteiger partial charge on any atom is 0.238 e. The Bertz CT molecular complexity index is 546. The zero-order valence-corrected chi connectivity index (χ0v) is 12.5. The highest BCUT2D eigenvalue weighted by molar-refractivity contribution is 7.89. The molecule has 0 fully saturated rings. The van der Waals surface area contributed by atoms with Gasteiger partial charge in [-0.15, -0.1) is 0 Å². The molecule has 1 aromatic carbocycles. The lowest BCUT2D eigenvalue weighted by Gasteiger charge is -2.08. The van der Waals surface area contributed by atoms with E-state index in [9.17, 15) is 17.6 Å². The lowest BCUT2D eigenvalue weighted by molar-refractivity contribution is -0.120. The number of carbonyl (C=O) groups is 1. The number of hydrazine groups is 1. The maximum atomic E-state index is 12.7. The summed E-state index contributed by atoms with van der Waals surface area (Å²) < 4.78 is 34.1. The van der Waals surface area contributed by atoms with Crippen molar-refractivity contribution in [2.24, 2.45) is 5.14 Å². The maximum absolute atomic E-state index is 12.7. The Morgan fingerprint density at radius 3 is 2.33 bits per heavy atom. The Morgan fingerprint density at radius 1 is 1.10 bits per heavy atom. The van der Waals surface area contributed by atoms with Gasteiger partial charge in [0.25, 0.3) is 0 Å². The molecule has 0 radical (unpaired) electrons. The van der Waals surface area contributed by atoms with E-state index in [-0.39, 0.29) is 17.5 Å². The van der Waals surface area contributed by atoms with Gasteiger partial charge in [0, 0.05) is 6.42 Å². The van der Waals surface area contributed by atoms with E-state index in [0.29, 0.717) is 24.9 Å². The first-order valence-corrected chi connectivity index (χ1v) is 8.39. The summed E-state index contributed by atoms with van der Waals surface area (Å²) in [4.78, 5) is 11.5. The van der Waals surface area contributed by atoms with Gasteiger partial charge in [0.05, 0.1) is 11.4 Å². The summed E-state index contributed by atoms with van der Waals surface area (Å²) in [5.41, 5.74) is 5.78. The number of anilines is 1. The van der Waals surface area contributed by atoms with Crippen LogP contribution in [0.3, 0.4) is 0 Å². The predicted octanol–water partition coefficient (Wildman–Crippen LogP) is 1.51. The van der Waals surface area contributed by atoms with Gasteiger partial charge in [-0.05, 0) is 37.1 Å². The van der Waals surface area contributed by atoms with Gasteiger partial charge in [-0.1, -0.05) is 12.8 Å². The van der Waals surface area contributed by atoms with Gasteiger partial charge >= 0.3 is 0 Å². The molecule has 0 saturated carbocycles. The molecule has 6 nitrogen and oxygen atoms in total. The molecule has 0 saturated heterocycles. The van der Waals surface area contributed by atoms with Crippen LogP contribution in [0.15, 0.2) is 24.3 Å². The average molecular weight is 317 g/mol. The molecule has 118 valence electrons. The van der Waals surface area contributed by atoms with Crippen molar-refractivity contribution in [1.82, 2.24) is 5.43 Å². The lowest BCUT2D eigenvalue weighted by Crippen LogP contribution is -2.28. The van der Waals surface area contributed by atoms with E-state index in [0.717, 1.165) is 12.8 Å². The number of rotatable bonds is 9. The number of carbonyl (C=O) groups excluding carboxylic acids is 1. The molecule has 0 atom stereocenters. The largest absolute Gasteiger partial charge is 0.299 e. The number of primary sulfonamides is 1. The minimum atomic E-state index is -3.39. The van der Waals surface area contributed by atoms with Crippen LogP contribution in [0.2, 0.25) is 0 Å². The highest BCUT2D eigenvalue weighted by Gasteiger charge is 2.03. The van der Waals surface area contributed by atoms with Crippen LogP contribution in [0.25, 0.3) is 0 Å². The van der Waals surface area contributed by atoms with Gasteiger partial charge in [0.2, 0.25) is 15.9 Å². The van der Waals surface area contributed by atoms with Crippen molar-refractivity contribution < 1.29 is 17.6 Å². The minimum Gasteiger partial charge on any atom is -0.299 e. The number of benzene rings is 1. The van der Waals surface area contributed by atoms with E-state index in [2.05, 4.69) is 10.9 Å². The molecule has 0 aliphatic heterocycles. The number of sulfonamides is 1. The summed E-state index contributed by atoms with van der Waals surface area (Å²) in [6, 6.07) is 5.62. The molecule has 0 heterocycles. The van der Waals surface area contributed by atoms with Crippen LogP contribution < -0.4 is 16.0 Å². The van der Waals surface area contributed by atoms with Crippen LogP contribution in [0, 0.1) is 5.82 Å². The first-order valence-electron chi connectivity index (χ1n) is 6.68. The second-order valence-electron chi connectivity index (χ2n) is 4.71. The zero-order valence-electron chi connectivity index (χ0n) is 11.6. The quantitative estimate of drug-likeness (QED) is 0.474. The smallest absolute Gasteiger partial charge is 0.238 e. The Kier molecular flexibility index (Phi) is 7.10. The van der Waals surface area contributed by atoms with Crippen molar-refractivity contribution in [2.75, 3.05) is 11.2 Å². The summed E-state index contributed by atoms with van der Waals surface area (Å²) in [6.45, 7) is 0. The summed E-state index contributed by atoms with van der Waals surface area (Å²) in [7, 11) is -3.39. The highest BCUT2D eigenvalue weighted by atomic mass is 32.2. The Labute approximate surface area is 123 Å². The highest BCUT2D eigenvalue weighted by Crippen LogP contribution is 2.07. The topological polar surface area (TPSA) is 101 Å². The molecule has 8 heteroatoms. The molecule has 0 bridgehead atoms. The van der Waals surface area contributed by atoms with Crippen molar-refractivity contribution in [1.29, 1.82) is 0 Å². The predicted molar refractivity (Wildman–Crippen MR) is 79.2 cm³/mol. The van der Waals surface area contributed by atoms with Gasteiger partial charge in [0.15, 0.2) is 0 Å². The van der Waals surface area contributed by atoms with E-state index in [1.165, 1.54) is 24.3 Å². The van der Waals surface area contributed by atoms with Crippen LogP contribution >= 0.6 is 0 Å². The van der Waals surface area contributed by atoms with Gasteiger partial charge in [0.1, 0.15) is 5.82 Å². The van der Waals surface area contributed by atoms with Crippen molar-refractivity contribution in [2.45, 2.75) is 32.1 Å². The fraction of sp³-hybridized carbons (Fsp3) is 0.462. The molecule has 21 heavy (non-hydrogen) atoms. The zero-order chi connectivity index (χ0) is 15.7. The van der Waals surface area contributed by atoms with E-state index in [1.54, 1.807) is 0 Å². The summed E-state index contributed by atoms with van der Waals surface area (Å²) >= 11 is 0. The number of hydrogen-bond donors (Lipinski definition) is 3. The van der Waals surface area contributed by atoms with Crippen LogP contribution in [0.4, 0.5) is 10.1 Å². The van der Waals surface area contributed by atoms with Crippen LogP contribution in [0.5, 0.6) is 0 Å². The Hall–Kier alpha value is -1.67. The van der Waals surface area contributed by atoms with Gasteiger partial charge in [-0.2, -0.15) is 0 Å². The molecule has 0 aliphatic rings. The third-order valence-electron chi connectivity index (χ3n) is 2.77. The first kappa shape index (κ1) is 17.4. The lowest BCUT2D eigenvalue weighted by atomic mass is 10.1. The molecule has 1 aromatic rings. The normalized spacial score (nSPS) is 11.1. The molecule has 1 amide bonds. The fourth-order valence-electron chi connectivity index (χ4n) is 1.68. The fourth-order valence-corrected chi connectivity index (χ4v) is 2.29.